The van der Waals surface area contributed by atoms with Gasteiger partial charge in [-0.05, 0) is 68.5 Å². The lowest BCUT2D eigenvalue weighted by atomic mass is 10.0. The SMILES string of the molecule is Cc1ccc2c(CS(=O)(=O)CCC(C)(C)F)c(F)ccc2c1Oc1ncccc1-c1ccnc(N[C@H]2CNC[C@H](F)C2)n1. The van der Waals surface area contributed by atoms with Gasteiger partial charge in [-0.1, -0.05) is 12.1 Å². The van der Waals surface area contributed by atoms with Gasteiger partial charge < -0.3 is 15.4 Å². The summed E-state index contributed by atoms with van der Waals surface area (Å²) < 4.78 is 75.0. The summed E-state index contributed by atoms with van der Waals surface area (Å²) >= 11 is 0. The number of benzene rings is 2. The molecule has 5 rings (SSSR count). The minimum atomic E-state index is -3.80. The van der Waals surface area contributed by atoms with Crippen LogP contribution in [0.15, 0.2) is 54.9 Å². The molecule has 0 spiro atoms. The first kappa shape index (κ1) is 30.7. The zero-order valence-electron chi connectivity index (χ0n) is 24.2. The molecule has 2 aromatic heterocycles. The van der Waals surface area contributed by atoms with Crippen LogP contribution >= 0.6 is 0 Å². The molecule has 1 aliphatic heterocycles. The topological polar surface area (TPSA) is 106 Å². The Bertz CT molecular complexity index is 1730. The molecule has 0 amide bonds. The highest BCUT2D eigenvalue weighted by Gasteiger charge is 2.25. The number of pyridine rings is 1. The lowest BCUT2D eigenvalue weighted by Gasteiger charge is -2.26. The molecule has 4 aromatic rings. The zero-order chi connectivity index (χ0) is 30.8. The predicted molar refractivity (Wildman–Crippen MR) is 161 cm³/mol. The third-order valence-corrected chi connectivity index (χ3v) is 8.86. The number of aryl methyl sites for hydroxylation is 1. The summed E-state index contributed by atoms with van der Waals surface area (Å²) in [5, 5.41) is 7.11. The van der Waals surface area contributed by atoms with Gasteiger partial charge in [0.2, 0.25) is 11.8 Å². The maximum absolute atomic E-state index is 15.1. The number of hydrogen-bond donors (Lipinski definition) is 2. The number of anilines is 1. The molecule has 0 radical (unpaired) electrons. The highest BCUT2D eigenvalue weighted by Crippen LogP contribution is 2.38. The number of alkyl halides is 2. The first-order valence-electron chi connectivity index (χ1n) is 14.1. The molecule has 0 saturated carbocycles. The Labute approximate surface area is 249 Å². The molecule has 2 N–H and O–H groups in total. The van der Waals surface area contributed by atoms with Crippen LogP contribution in [-0.2, 0) is 15.6 Å². The number of fused-ring (bicyclic) bond motifs is 1. The first-order valence-corrected chi connectivity index (χ1v) is 15.9. The number of sulfone groups is 1. The molecule has 1 saturated heterocycles. The van der Waals surface area contributed by atoms with E-state index in [4.69, 9.17) is 4.74 Å². The van der Waals surface area contributed by atoms with Gasteiger partial charge in [-0.25, -0.2) is 36.5 Å². The second-order valence-corrected chi connectivity index (χ2v) is 13.6. The maximum atomic E-state index is 15.1. The van der Waals surface area contributed by atoms with Crippen LogP contribution in [-0.4, -0.2) is 60.1 Å². The van der Waals surface area contributed by atoms with Crippen molar-refractivity contribution in [2.24, 2.45) is 0 Å². The number of nitrogens with zero attached hydrogens (tertiary/aromatic N) is 3. The molecule has 0 aliphatic carbocycles. The van der Waals surface area contributed by atoms with Crippen molar-refractivity contribution in [1.82, 2.24) is 20.3 Å². The predicted octanol–water partition coefficient (Wildman–Crippen LogP) is 6.10. The molecule has 12 heteroatoms. The standard InChI is InChI=1S/C31H34F3N5O3S/c1-19-6-7-22-23(8-9-26(33)25(22)18-43(40,41)14-11-31(2,3)34)28(19)42-29-24(5-4-12-36-29)27-10-13-37-30(39-27)38-21-15-20(32)16-35-17-21/h4-10,12-13,20-21,35H,11,14-18H2,1-3H3,(H,37,38,39)/t20-,21-/m1/s1. The van der Waals surface area contributed by atoms with Crippen molar-refractivity contribution in [2.75, 3.05) is 24.2 Å². The van der Waals surface area contributed by atoms with Crippen LogP contribution in [0.5, 0.6) is 11.6 Å². The zero-order valence-corrected chi connectivity index (χ0v) is 25.0. The van der Waals surface area contributed by atoms with Crippen molar-refractivity contribution >= 4 is 26.6 Å². The summed E-state index contributed by atoms with van der Waals surface area (Å²) in [5.74, 6) is -0.686. The summed E-state index contributed by atoms with van der Waals surface area (Å²) in [6.45, 7) is 5.36. The Balaban J connectivity index is 1.47. The van der Waals surface area contributed by atoms with Crippen LogP contribution in [0.2, 0.25) is 0 Å². The lowest BCUT2D eigenvalue weighted by molar-refractivity contribution is 0.211. The van der Waals surface area contributed by atoms with E-state index in [1.54, 1.807) is 48.8 Å². The Hall–Kier alpha value is -3.77. The molecule has 0 unspecified atom stereocenters. The molecule has 1 aliphatic rings. The van der Waals surface area contributed by atoms with Crippen molar-refractivity contribution in [1.29, 1.82) is 0 Å². The molecule has 43 heavy (non-hydrogen) atoms. The van der Waals surface area contributed by atoms with Crippen LogP contribution < -0.4 is 15.4 Å². The number of ether oxygens (including phenoxy) is 1. The Kier molecular flexibility index (Phi) is 8.89. The molecular formula is C31H34F3N5O3S. The van der Waals surface area contributed by atoms with E-state index >= 15 is 4.39 Å². The van der Waals surface area contributed by atoms with Gasteiger partial charge in [0.05, 0.1) is 22.8 Å². The number of nitrogens with one attached hydrogen (secondary N) is 2. The van der Waals surface area contributed by atoms with E-state index in [1.165, 1.54) is 19.9 Å². The summed E-state index contributed by atoms with van der Waals surface area (Å²) in [7, 11) is -3.80. The Morgan fingerprint density at radius 1 is 1.07 bits per heavy atom. The van der Waals surface area contributed by atoms with Crippen LogP contribution in [0.25, 0.3) is 22.0 Å². The highest BCUT2D eigenvalue weighted by molar-refractivity contribution is 7.90. The molecule has 228 valence electrons. The minimum absolute atomic E-state index is 0.000467. The van der Waals surface area contributed by atoms with Gasteiger partial charge in [-0.2, -0.15) is 0 Å². The fourth-order valence-corrected chi connectivity index (χ4v) is 6.69. The summed E-state index contributed by atoms with van der Waals surface area (Å²) in [6, 6.07) is 11.2. The van der Waals surface area contributed by atoms with Crippen molar-refractivity contribution in [2.45, 2.75) is 57.2 Å². The number of aromatic nitrogens is 3. The van der Waals surface area contributed by atoms with Gasteiger partial charge in [0.25, 0.3) is 0 Å². The van der Waals surface area contributed by atoms with Gasteiger partial charge in [0, 0.05) is 48.9 Å². The Morgan fingerprint density at radius 2 is 1.86 bits per heavy atom. The van der Waals surface area contributed by atoms with E-state index in [1.807, 2.05) is 6.92 Å². The number of hydrogen-bond acceptors (Lipinski definition) is 8. The molecule has 0 bridgehead atoms. The second-order valence-electron chi connectivity index (χ2n) is 11.4. The van der Waals surface area contributed by atoms with Crippen molar-refractivity contribution in [3.8, 4) is 22.9 Å². The fraction of sp³-hybridized carbons (Fsp3) is 0.387. The summed E-state index contributed by atoms with van der Waals surface area (Å²) in [6.07, 6.45) is 2.37. The third kappa shape index (κ3) is 7.61. The fourth-order valence-electron chi connectivity index (χ4n) is 5.02. The third-order valence-electron chi connectivity index (χ3n) is 7.31. The number of halogens is 3. The van der Waals surface area contributed by atoms with Gasteiger partial charge >= 0.3 is 0 Å². The van der Waals surface area contributed by atoms with Gasteiger partial charge in [0.1, 0.15) is 23.4 Å². The molecule has 3 heterocycles. The first-order chi connectivity index (χ1) is 20.4. The molecule has 2 aromatic carbocycles. The van der Waals surface area contributed by atoms with Gasteiger partial charge in [-0.3, -0.25) is 0 Å². The summed E-state index contributed by atoms with van der Waals surface area (Å²) in [5.41, 5.74) is 0.146. The van der Waals surface area contributed by atoms with Crippen LogP contribution in [0, 0.1) is 12.7 Å². The average molecular weight is 614 g/mol. The smallest absolute Gasteiger partial charge is 0.228 e. The van der Waals surface area contributed by atoms with Crippen molar-refractivity contribution in [3.63, 3.8) is 0 Å². The van der Waals surface area contributed by atoms with E-state index in [-0.39, 0.29) is 23.9 Å². The largest absolute Gasteiger partial charge is 0.437 e. The molecule has 1 fully saturated rings. The van der Waals surface area contributed by atoms with Crippen LogP contribution in [0.3, 0.4) is 0 Å². The normalized spacial score (nSPS) is 17.6. The van der Waals surface area contributed by atoms with Crippen LogP contribution in [0.1, 0.15) is 37.8 Å². The van der Waals surface area contributed by atoms with Crippen molar-refractivity contribution in [3.05, 3.63) is 71.8 Å². The number of piperidine rings is 1. The minimum Gasteiger partial charge on any atom is -0.437 e. The molecule has 2 atom stereocenters. The molecular weight excluding hydrogens is 579 g/mol. The van der Waals surface area contributed by atoms with Gasteiger partial charge in [-0.15, -0.1) is 0 Å². The Morgan fingerprint density at radius 3 is 2.63 bits per heavy atom. The monoisotopic (exact) mass is 613 g/mol. The van der Waals surface area contributed by atoms with E-state index in [0.717, 1.165) is 5.56 Å². The average Bonchev–Trinajstić information content (AvgIpc) is 2.95. The van der Waals surface area contributed by atoms with Crippen molar-refractivity contribution < 1.29 is 26.3 Å². The molecule has 8 nitrogen and oxygen atoms in total. The quantitative estimate of drug-likeness (QED) is 0.221. The maximum Gasteiger partial charge on any atom is 0.228 e. The highest BCUT2D eigenvalue weighted by atomic mass is 32.2. The second kappa shape index (κ2) is 12.5. The number of rotatable bonds is 10. The van der Waals surface area contributed by atoms with E-state index in [0.29, 0.717) is 53.2 Å². The van der Waals surface area contributed by atoms with E-state index < -0.39 is 39.0 Å². The van der Waals surface area contributed by atoms with Crippen LogP contribution in [0.4, 0.5) is 19.1 Å². The van der Waals surface area contributed by atoms with E-state index in [9.17, 15) is 17.2 Å². The summed E-state index contributed by atoms with van der Waals surface area (Å²) in [4.78, 5) is 13.3. The lowest BCUT2D eigenvalue weighted by Crippen LogP contribution is -2.44. The van der Waals surface area contributed by atoms with E-state index in [2.05, 4.69) is 25.6 Å². The van der Waals surface area contributed by atoms with Gasteiger partial charge in [0.15, 0.2) is 9.84 Å².